The highest BCUT2D eigenvalue weighted by molar-refractivity contribution is 5.16. The molecule has 0 aromatic rings. The van der Waals surface area contributed by atoms with Crippen LogP contribution in [0.5, 0.6) is 0 Å². The lowest BCUT2D eigenvalue weighted by molar-refractivity contribution is 0.0881. The van der Waals surface area contributed by atoms with E-state index in [2.05, 4.69) is 0 Å². The molecule has 0 amide bonds. The fraction of sp³-hybridized carbons (Fsp3) is 1.00. The van der Waals surface area contributed by atoms with Crippen LogP contribution in [0.4, 0.5) is 8.78 Å². The van der Waals surface area contributed by atoms with Crippen LogP contribution in [0, 0.1) is 5.41 Å². The van der Waals surface area contributed by atoms with Crippen molar-refractivity contribution in [2.75, 3.05) is 0 Å². The molecule has 0 aromatic carbocycles. The van der Waals surface area contributed by atoms with Crippen LogP contribution in [0.2, 0.25) is 0 Å². The first-order chi connectivity index (χ1) is 3.90. The van der Waals surface area contributed by atoms with Gasteiger partial charge in [0.25, 0.3) is 6.43 Å². The predicted molar refractivity (Wildman–Crippen MR) is 31.3 cm³/mol. The minimum Gasteiger partial charge on any atom is -0.320 e. The molecular weight excluding hydrogens is 124 g/mol. The summed E-state index contributed by atoms with van der Waals surface area (Å²) in [5.41, 5.74) is 3.78. The fourth-order valence-corrected chi connectivity index (χ4v) is 1.06. The van der Waals surface area contributed by atoms with Crippen molar-refractivity contribution < 1.29 is 8.78 Å². The summed E-state index contributed by atoms with van der Waals surface area (Å²) in [6.07, 6.45) is -1.93. The van der Waals surface area contributed by atoms with E-state index in [4.69, 9.17) is 5.73 Å². The van der Waals surface area contributed by atoms with Crippen molar-refractivity contribution in [1.82, 2.24) is 0 Å². The van der Waals surface area contributed by atoms with E-state index in [1.54, 1.807) is 13.8 Å². The van der Waals surface area contributed by atoms with Gasteiger partial charge < -0.3 is 5.73 Å². The second kappa shape index (κ2) is 1.45. The normalized spacial score (nSPS) is 39.3. The van der Waals surface area contributed by atoms with Crippen LogP contribution in [-0.4, -0.2) is 12.0 Å². The molecule has 54 valence electrons. The molecule has 1 rings (SSSR count). The molecule has 0 spiro atoms. The van der Waals surface area contributed by atoms with Crippen molar-refractivity contribution >= 4 is 0 Å². The lowest BCUT2D eigenvalue weighted by atomic mass is 10.1. The highest BCUT2D eigenvalue weighted by Gasteiger charge is 2.64. The quantitative estimate of drug-likeness (QED) is 0.577. The minimum absolute atomic E-state index is 0.346. The smallest absolute Gasteiger partial charge is 0.256 e. The Labute approximate surface area is 53.2 Å². The van der Waals surface area contributed by atoms with Gasteiger partial charge in [-0.3, -0.25) is 0 Å². The monoisotopic (exact) mass is 135 g/mol. The van der Waals surface area contributed by atoms with Gasteiger partial charge in [-0.15, -0.1) is 0 Å². The third-order valence-electron chi connectivity index (χ3n) is 2.26. The molecule has 1 atom stereocenters. The molecule has 0 radical (unpaired) electrons. The standard InChI is InChI=1S/C6H11F2N/c1-5(2)3-6(5,9)4(7)8/h4H,3,9H2,1-2H3. The lowest BCUT2D eigenvalue weighted by Crippen LogP contribution is -2.36. The Morgan fingerprint density at radius 3 is 1.78 bits per heavy atom. The van der Waals surface area contributed by atoms with E-state index >= 15 is 0 Å². The van der Waals surface area contributed by atoms with E-state index in [0.29, 0.717) is 6.42 Å². The molecule has 0 saturated heterocycles. The highest BCUT2D eigenvalue weighted by Crippen LogP contribution is 2.56. The van der Waals surface area contributed by atoms with E-state index in [1.165, 1.54) is 0 Å². The second-order valence-electron chi connectivity index (χ2n) is 3.40. The van der Waals surface area contributed by atoms with E-state index in [0.717, 1.165) is 0 Å². The summed E-state index contributed by atoms with van der Waals surface area (Å²) in [4.78, 5) is 0. The summed E-state index contributed by atoms with van der Waals surface area (Å²) < 4.78 is 23.9. The summed E-state index contributed by atoms with van der Waals surface area (Å²) in [7, 11) is 0. The molecule has 0 aliphatic heterocycles. The van der Waals surface area contributed by atoms with Crippen LogP contribution < -0.4 is 5.73 Å². The summed E-state index contributed by atoms with van der Waals surface area (Å²) in [5.74, 6) is 0. The maximum absolute atomic E-state index is 12.0. The Balaban J connectivity index is 2.63. The Morgan fingerprint density at radius 2 is 1.78 bits per heavy atom. The van der Waals surface area contributed by atoms with Gasteiger partial charge in [-0.1, -0.05) is 13.8 Å². The molecular formula is C6H11F2N. The van der Waals surface area contributed by atoms with Crippen molar-refractivity contribution in [2.24, 2.45) is 11.1 Å². The van der Waals surface area contributed by atoms with Crippen molar-refractivity contribution in [3.05, 3.63) is 0 Å². The molecule has 1 nitrogen and oxygen atoms in total. The molecule has 2 N–H and O–H groups in total. The van der Waals surface area contributed by atoms with E-state index in [1.807, 2.05) is 0 Å². The van der Waals surface area contributed by atoms with Gasteiger partial charge in [0.15, 0.2) is 0 Å². The van der Waals surface area contributed by atoms with Gasteiger partial charge in [-0.2, -0.15) is 0 Å². The molecule has 0 heterocycles. The zero-order valence-electron chi connectivity index (χ0n) is 5.62. The Kier molecular flexibility index (Phi) is 1.12. The summed E-state index contributed by atoms with van der Waals surface area (Å²) in [6.45, 7) is 3.53. The average Bonchev–Trinajstić information content (AvgIpc) is 2.08. The van der Waals surface area contributed by atoms with Crippen molar-refractivity contribution in [3.8, 4) is 0 Å². The summed E-state index contributed by atoms with van der Waals surface area (Å²) in [6, 6.07) is 0. The van der Waals surface area contributed by atoms with Gasteiger partial charge in [-0.25, -0.2) is 8.78 Å². The van der Waals surface area contributed by atoms with E-state index in [-0.39, 0.29) is 5.41 Å². The molecule has 1 unspecified atom stereocenters. The maximum Gasteiger partial charge on any atom is 0.256 e. The highest BCUT2D eigenvalue weighted by atomic mass is 19.3. The van der Waals surface area contributed by atoms with Crippen molar-refractivity contribution in [1.29, 1.82) is 0 Å². The van der Waals surface area contributed by atoms with Crippen molar-refractivity contribution in [3.63, 3.8) is 0 Å². The summed E-state index contributed by atoms with van der Waals surface area (Å²) in [5, 5.41) is 0. The van der Waals surface area contributed by atoms with E-state index in [9.17, 15) is 8.78 Å². The molecule has 9 heavy (non-hydrogen) atoms. The van der Waals surface area contributed by atoms with Gasteiger partial charge >= 0.3 is 0 Å². The number of halogens is 2. The zero-order chi connectivity index (χ0) is 7.28. The largest absolute Gasteiger partial charge is 0.320 e. The third kappa shape index (κ3) is 0.748. The van der Waals surface area contributed by atoms with Gasteiger partial charge in [-0.05, 0) is 11.8 Å². The summed E-state index contributed by atoms with van der Waals surface area (Å²) >= 11 is 0. The Hall–Kier alpha value is -0.180. The lowest BCUT2D eigenvalue weighted by Gasteiger charge is -2.12. The zero-order valence-corrected chi connectivity index (χ0v) is 5.62. The molecule has 0 aromatic heterocycles. The first kappa shape index (κ1) is 6.93. The van der Waals surface area contributed by atoms with Crippen LogP contribution in [0.1, 0.15) is 20.3 Å². The topological polar surface area (TPSA) is 26.0 Å². The number of alkyl halides is 2. The number of hydrogen-bond acceptors (Lipinski definition) is 1. The molecule has 3 heteroatoms. The molecule has 1 aliphatic rings. The van der Waals surface area contributed by atoms with Crippen LogP contribution in [-0.2, 0) is 0 Å². The number of rotatable bonds is 1. The minimum atomic E-state index is -2.37. The first-order valence-corrected chi connectivity index (χ1v) is 2.97. The third-order valence-corrected chi connectivity index (χ3v) is 2.26. The molecule has 1 aliphatic carbocycles. The number of hydrogen-bond donors (Lipinski definition) is 1. The SMILES string of the molecule is CC1(C)CC1(N)C(F)F. The molecule has 1 fully saturated rings. The predicted octanol–water partition coefficient (Wildman–Crippen LogP) is 1.38. The molecule has 1 saturated carbocycles. The Bertz CT molecular complexity index is 133. The maximum atomic E-state index is 12.0. The van der Waals surface area contributed by atoms with Crippen LogP contribution in [0.25, 0.3) is 0 Å². The average molecular weight is 135 g/mol. The van der Waals surface area contributed by atoms with Crippen LogP contribution >= 0.6 is 0 Å². The Morgan fingerprint density at radius 1 is 1.44 bits per heavy atom. The van der Waals surface area contributed by atoms with Crippen LogP contribution in [0.3, 0.4) is 0 Å². The van der Waals surface area contributed by atoms with E-state index < -0.39 is 12.0 Å². The van der Waals surface area contributed by atoms with Crippen LogP contribution in [0.15, 0.2) is 0 Å². The number of nitrogens with two attached hydrogens (primary N) is 1. The fourth-order valence-electron chi connectivity index (χ4n) is 1.06. The van der Waals surface area contributed by atoms with Crippen molar-refractivity contribution in [2.45, 2.75) is 32.2 Å². The second-order valence-corrected chi connectivity index (χ2v) is 3.40. The first-order valence-electron chi connectivity index (χ1n) is 2.97. The van der Waals surface area contributed by atoms with Gasteiger partial charge in [0, 0.05) is 0 Å². The van der Waals surface area contributed by atoms with Gasteiger partial charge in [0.1, 0.15) is 0 Å². The molecule has 0 bridgehead atoms. The van der Waals surface area contributed by atoms with Gasteiger partial charge in [0.05, 0.1) is 5.54 Å². The van der Waals surface area contributed by atoms with Gasteiger partial charge in [0.2, 0.25) is 0 Å².